The molecule has 0 aromatic heterocycles. The van der Waals surface area contributed by atoms with Crippen molar-refractivity contribution < 1.29 is 17.9 Å². The Kier molecular flexibility index (Phi) is 11.0. The minimum absolute atomic E-state index is 0. The van der Waals surface area contributed by atoms with E-state index >= 15 is 0 Å². The number of guanidine groups is 1. The molecule has 1 aliphatic rings. The van der Waals surface area contributed by atoms with Gasteiger partial charge in [0.1, 0.15) is 15.4 Å². The van der Waals surface area contributed by atoms with Gasteiger partial charge in [0.05, 0.1) is 5.75 Å². The minimum atomic E-state index is -2.98. The van der Waals surface area contributed by atoms with Gasteiger partial charge in [0, 0.05) is 38.5 Å². The molecule has 0 aromatic rings. The van der Waals surface area contributed by atoms with Crippen molar-refractivity contribution >= 4 is 45.9 Å². The van der Waals surface area contributed by atoms with E-state index < -0.39 is 15.4 Å². The average molecular weight is 518 g/mol. The molecule has 10 heteroatoms. The van der Waals surface area contributed by atoms with Crippen molar-refractivity contribution in [1.29, 1.82) is 0 Å². The van der Waals surface area contributed by atoms with Gasteiger partial charge in [-0.05, 0) is 47.0 Å². The summed E-state index contributed by atoms with van der Waals surface area (Å²) in [4.78, 5) is 18.2. The van der Waals surface area contributed by atoms with Crippen LogP contribution in [-0.4, -0.2) is 75.2 Å². The van der Waals surface area contributed by atoms with E-state index in [0.29, 0.717) is 25.5 Å². The summed E-state index contributed by atoms with van der Waals surface area (Å²) in [6.07, 6.45) is 3.47. The molecule has 1 aliphatic carbocycles. The van der Waals surface area contributed by atoms with Crippen LogP contribution in [0.5, 0.6) is 0 Å². The van der Waals surface area contributed by atoms with E-state index in [1.165, 1.54) is 6.26 Å². The molecule has 1 rings (SSSR count). The number of nitrogens with one attached hydrogen (secondary N) is 2. The van der Waals surface area contributed by atoms with Gasteiger partial charge in [-0.15, -0.1) is 24.0 Å². The van der Waals surface area contributed by atoms with Crippen LogP contribution in [0.1, 0.15) is 47.0 Å². The lowest BCUT2D eigenvalue weighted by Gasteiger charge is -2.28. The summed E-state index contributed by atoms with van der Waals surface area (Å²) in [7, 11) is -1.32. The Balaban J connectivity index is 0.00000676. The first-order valence-electron chi connectivity index (χ1n) is 9.06. The number of aliphatic imine (C=N–C) groups is 1. The van der Waals surface area contributed by atoms with Gasteiger partial charge < -0.3 is 20.3 Å². The van der Waals surface area contributed by atoms with Crippen molar-refractivity contribution in [2.75, 3.05) is 32.1 Å². The molecule has 0 heterocycles. The molecule has 0 aromatic carbocycles. The van der Waals surface area contributed by atoms with Crippen LogP contribution in [-0.2, 0) is 14.6 Å². The van der Waals surface area contributed by atoms with Crippen molar-refractivity contribution in [2.24, 2.45) is 4.99 Å². The van der Waals surface area contributed by atoms with E-state index in [4.69, 9.17) is 4.74 Å². The van der Waals surface area contributed by atoms with E-state index in [1.807, 2.05) is 27.7 Å². The summed E-state index contributed by atoms with van der Waals surface area (Å²) in [6.45, 7) is 8.55. The van der Waals surface area contributed by atoms with E-state index in [9.17, 15) is 13.2 Å². The van der Waals surface area contributed by atoms with Gasteiger partial charge in [-0.25, -0.2) is 13.2 Å². The fraction of sp³-hybridized carbons (Fsp3) is 0.882. The summed E-state index contributed by atoms with van der Waals surface area (Å²) in [5.74, 6) is 0.720. The molecule has 27 heavy (non-hydrogen) atoms. The van der Waals surface area contributed by atoms with E-state index in [0.717, 1.165) is 12.8 Å². The van der Waals surface area contributed by atoms with Crippen molar-refractivity contribution in [3.63, 3.8) is 0 Å². The zero-order chi connectivity index (χ0) is 20.0. The second kappa shape index (κ2) is 11.3. The lowest BCUT2D eigenvalue weighted by Crippen LogP contribution is -2.47. The molecule has 1 fully saturated rings. The van der Waals surface area contributed by atoms with Crippen LogP contribution in [0, 0.1) is 0 Å². The van der Waals surface area contributed by atoms with Crippen LogP contribution in [0.2, 0.25) is 0 Å². The summed E-state index contributed by atoms with van der Waals surface area (Å²) in [6, 6.07) is 0.233. The van der Waals surface area contributed by atoms with Gasteiger partial charge in [-0.2, -0.15) is 0 Å². The number of carbonyl (C=O) groups is 1. The topological polar surface area (TPSA) is 100 Å². The Labute approximate surface area is 180 Å². The molecule has 1 unspecified atom stereocenters. The van der Waals surface area contributed by atoms with Crippen molar-refractivity contribution in [2.45, 2.75) is 64.6 Å². The van der Waals surface area contributed by atoms with Crippen LogP contribution in [0.15, 0.2) is 4.99 Å². The highest BCUT2D eigenvalue weighted by Gasteiger charge is 2.34. The third kappa shape index (κ3) is 12.3. The second-order valence-electron chi connectivity index (χ2n) is 7.87. The van der Waals surface area contributed by atoms with E-state index in [-0.39, 0.29) is 47.9 Å². The summed E-state index contributed by atoms with van der Waals surface area (Å²) in [5, 5.41) is 6.33. The number of sulfone groups is 1. The molecule has 8 nitrogen and oxygen atoms in total. The number of hydrogen-bond acceptors (Lipinski definition) is 5. The number of rotatable bonds is 8. The standard InChI is InChI=1S/C17H34N4O4S.HI/c1-13(9-12-26(6,23)24)20-15(18-5)19-10-11-21(14-7-8-14)16(22)25-17(2,3)4;/h13-14H,7-12H2,1-6H3,(H2,18,19,20);1H. The van der Waals surface area contributed by atoms with Gasteiger partial charge >= 0.3 is 6.09 Å². The van der Waals surface area contributed by atoms with Crippen LogP contribution in [0.3, 0.4) is 0 Å². The number of ether oxygens (including phenoxy) is 1. The Bertz CT molecular complexity index is 601. The molecule has 0 radical (unpaired) electrons. The van der Waals surface area contributed by atoms with Gasteiger partial charge in [-0.1, -0.05) is 0 Å². The second-order valence-corrected chi connectivity index (χ2v) is 10.1. The molecule has 0 bridgehead atoms. The first-order chi connectivity index (χ1) is 11.9. The number of carbonyl (C=O) groups excluding carboxylic acids is 1. The Morgan fingerprint density at radius 1 is 1.33 bits per heavy atom. The van der Waals surface area contributed by atoms with E-state index in [1.54, 1.807) is 11.9 Å². The maximum Gasteiger partial charge on any atom is 0.410 e. The SMILES string of the molecule is CN=C(NCCN(C(=O)OC(C)(C)C)C1CC1)NC(C)CCS(C)(=O)=O.I. The summed E-state index contributed by atoms with van der Waals surface area (Å²) >= 11 is 0. The number of halogens is 1. The molecular weight excluding hydrogens is 483 g/mol. The van der Waals surface area contributed by atoms with Gasteiger partial charge in [0.2, 0.25) is 0 Å². The third-order valence-corrected chi connectivity index (χ3v) is 4.77. The van der Waals surface area contributed by atoms with E-state index in [2.05, 4.69) is 15.6 Å². The Morgan fingerprint density at radius 3 is 2.37 bits per heavy atom. The zero-order valence-corrected chi connectivity index (χ0v) is 20.4. The highest BCUT2D eigenvalue weighted by atomic mass is 127. The van der Waals surface area contributed by atoms with Crippen molar-refractivity contribution in [1.82, 2.24) is 15.5 Å². The minimum Gasteiger partial charge on any atom is -0.444 e. The molecule has 2 N–H and O–H groups in total. The molecule has 0 saturated heterocycles. The lowest BCUT2D eigenvalue weighted by molar-refractivity contribution is 0.0237. The quantitative estimate of drug-likeness (QED) is 0.290. The fourth-order valence-electron chi connectivity index (χ4n) is 2.32. The third-order valence-electron chi connectivity index (χ3n) is 3.79. The molecule has 1 amide bonds. The molecule has 1 atom stereocenters. The average Bonchev–Trinajstić information content (AvgIpc) is 3.30. The molecule has 1 saturated carbocycles. The zero-order valence-electron chi connectivity index (χ0n) is 17.2. The largest absolute Gasteiger partial charge is 0.444 e. The number of nitrogens with zero attached hydrogens (tertiary/aromatic N) is 2. The first-order valence-corrected chi connectivity index (χ1v) is 11.1. The summed E-state index contributed by atoms with van der Waals surface area (Å²) < 4.78 is 28.0. The monoisotopic (exact) mass is 518 g/mol. The van der Waals surface area contributed by atoms with Crippen molar-refractivity contribution in [3.8, 4) is 0 Å². The predicted molar refractivity (Wildman–Crippen MR) is 120 cm³/mol. The number of hydrogen-bond donors (Lipinski definition) is 2. The first kappa shape index (κ1) is 26.2. The van der Waals surface area contributed by atoms with Crippen LogP contribution < -0.4 is 10.6 Å². The van der Waals surface area contributed by atoms with Crippen LogP contribution in [0.25, 0.3) is 0 Å². The molecular formula is C17H35IN4O4S. The number of amides is 1. The predicted octanol–water partition coefficient (Wildman–Crippen LogP) is 1.99. The fourth-order valence-corrected chi connectivity index (χ4v) is 3.10. The maximum atomic E-state index is 12.3. The normalized spacial score (nSPS) is 16.1. The molecule has 0 spiro atoms. The smallest absolute Gasteiger partial charge is 0.410 e. The Hall–Kier alpha value is -0.780. The van der Waals surface area contributed by atoms with Crippen molar-refractivity contribution in [3.05, 3.63) is 0 Å². The molecule has 160 valence electrons. The van der Waals surface area contributed by atoms with Crippen LogP contribution >= 0.6 is 24.0 Å². The highest BCUT2D eigenvalue weighted by Crippen LogP contribution is 2.27. The highest BCUT2D eigenvalue weighted by molar-refractivity contribution is 14.0. The lowest BCUT2D eigenvalue weighted by atomic mass is 10.2. The molecule has 0 aliphatic heterocycles. The Morgan fingerprint density at radius 2 is 1.93 bits per heavy atom. The maximum absolute atomic E-state index is 12.3. The summed E-state index contributed by atoms with van der Waals surface area (Å²) in [5.41, 5.74) is -0.510. The van der Waals surface area contributed by atoms with Gasteiger partial charge in [0.25, 0.3) is 0 Å². The van der Waals surface area contributed by atoms with Gasteiger partial charge in [-0.3, -0.25) is 4.99 Å². The van der Waals surface area contributed by atoms with Gasteiger partial charge in [0.15, 0.2) is 5.96 Å². The van der Waals surface area contributed by atoms with Crippen LogP contribution in [0.4, 0.5) is 4.79 Å².